The number of nitrogens with zero attached hydrogens (tertiary/aromatic N) is 1. The van der Waals surface area contributed by atoms with Crippen molar-refractivity contribution in [2.75, 3.05) is 5.88 Å². The molecule has 1 aromatic carbocycles. The molecule has 0 spiro atoms. The van der Waals surface area contributed by atoms with E-state index >= 15 is 0 Å². The monoisotopic (exact) mass is 346 g/mol. The molecule has 0 aliphatic carbocycles. The van der Waals surface area contributed by atoms with Crippen LogP contribution in [0.2, 0.25) is 0 Å². The molecule has 0 fully saturated rings. The molecule has 2 heterocycles. The van der Waals surface area contributed by atoms with Gasteiger partial charge in [0.05, 0.1) is 0 Å². The summed E-state index contributed by atoms with van der Waals surface area (Å²) in [6, 6.07) is 8.61. The Morgan fingerprint density at radius 3 is 2.70 bits per heavy atom. The number of hydrogen-bond acceptors (Lipinski definition) is 4. The summed E-state index contributed by atoms with van der Waals surface area (Å²) >= 11 is 6.89. The van der Waals surface area contributed by atoms with Crippen molar-refractivity contribution in [1.82, 2.24) is 4.40 Å². The van der Waals surface area contributed by atoms with Crippen LogP contribution < -0.4 is 10.7 Å². The maximum Gasteiger partial charge on any atom is 0.258 e. The Hall–Kier alpha value is -2.11. The van der Waals surface area contributed by atoms with Gasteiger partial charge in [-0.2, -0.15) is 0 Å². The number of fused-ring (bicyclic) bond motifs is 1. The third-order valence-corrected chi connectivity index (χ3v) is 4.77. The molecule has 0 saturated heterocycles. The number of thiazole rings is 1. The van der Waals surface area contributed by atoms with Gasteiger partial charge < -0.3 is 5.11 Å². The number of rotatable bonds is 5. The van der Waals surface area contributed by atoms with Crippen LogP contribution in [-0.2, 0) is 6.42 Å². The summed E-state index contributed by atoms with van der Waals surface area (Å²) in [7, 11) is 0. The Morgan fingerprint density at radius 2 is 2.00 bits per heavy atom. The molecule has 0 atom stereocenters. The summed E-state index contributed by atoms with van der Waals surface area (Å²) < 4.78 is 1.38. The molecule has 6 heteroatoms. The highest BCUT2D eigenvalue weighted by molar-refractivity contribution is 7.16. The number of halogens is 1. The summed E-state index contributed by atoms with van der Waals surface area (Å²) in [6.45, 7) is 0. The first-order valence-corrected chi connectivity index (χ1v) is 8.54. The number of hydrogen-bond donors (Lipinski definition) is 0. The number of carbonyl (C=O) groups excluding carboxylic acids is 1. The molecule has 0 aliphatic rings. The van der Waals surface area contributed by atoms with Crippen LogP contribution in [0.3, 0.4) is 0 Å². The Morgan fingerprint density at radius 1 is 1.26 bits per heavy atom. The van der Waals surface area contributed by atoms with Gasteiger partial charge in [-0.15, -0.1) is 22.9 Å². The molecule has 0 saturated carbocycles. The SMILES string of the molecule is O=C(c1ccccc1)c1c([O-])c(CCCCl)c(=O)n2ccsc12. The molecule has 3 rings (SSSR count). The molecule has 0 radical (unpaired) electrons. The van der Waals surface area contributed by atoms with Crippen molar-refractivity contribution in [2.24, 2.45) is 0 Å². The first kappa shape index (κ1) is 15.8. The topological polar surface area (TPSA) is 61.6 Å². The second-order valence-electron chi connectivity index (χ2n) is 5.05. The van der Waals surface area contributed by atoms with E-state index < -0.39 is 5.75 Å². The lowest BCUT2D eigenvalue weighted by Crippen LogP contribution is -2.23. The quantitative estimate of drug-likeness (QED) is 0.527. The lowest BCUT2D eigenvalue weighted by molar-refractivity contribution is -0.269. The predicted molar refractivity (Wildman–Crippen MR) is 89.9 cm³/mol. The fraction of sp³-hybridized carbons (Fsp3) is 0.176. The molecule has 3 aromatic rings. The minimum Gasteiger partial charge on any atom is -0.872 e. The van der Waals surface area contributed by atoms with Crippen molar-refractivity contribution in [2.45, 2.75) is 12.8 Å². The predicted octanol–water partition coefficient (Wildman–Crippen LogP) is 2.84. The zero-order chi connectivity index (χ0) is 16.4. The smallest absolute Gasteiger partial charge is 0.258 e. The molecule has 2 aromatic heterocycles. The Labute approximate surface area is 141 Å². The minimum absolute atomic E-state index is 0.0652. The number of benzene rings is 1. The molecule has 23 heavy (non-hydrogen) atoms. The maximum absolute atomic E-state index is 12.8. The van der Waals surface area contributed by atoms with E-state index in [9.17, 15) is 14.7 Å². The third-order valence-electron chi connectivity index (χ3n) is 3.62. The minimum atomic E-state index is -0.476. The summed E-state index contributed by atoms with van der Waals surface area (Å²) in [5.41, 5.74) is 0.263. The average Bonchev–Trinajstić information content (AvgIpc) is 3.05. The summed E-state index contributed by atoms with van der Waals surface area (Å²) in [6.07, 6.45) is 2.38. The molecule has 0 unspecified atom stereocenters. The van der Waals surface area contributed by atoms with Crippen molar-refractivity contribution >= 4 is 33.6 Å². The molecule has 0 N–H and O–H groups in total. The molecule has 0 bridgehead atoms. The van der Waals surface area contributed by atoms with E-state index in [2.05, 4.69) is 0 Å². The lowest BCUT2D eigenvalue weighted by Gasteiger charge is -2.18. The normalized spacial score (nSPS) is 11.0. The van der Waals surface area contributed by atoms with Crippen molar-refractivity contribution in [3.05, 3.63) is 69.0 Å². The highest BCUT2D eigenvalue weighted by Crippen LogP contribution is 2.28. The third kappa shape index (κ3) is 2.78. The number of carbonyl (C=O) groups is 1. The maximum atomic E-state index is 12.8. The van der Waals surface area contributed by atoms with Crippen LogP contribution in [0.25, 0.3) is 4.83 Å². The van der Waals surface area contributed by atoms with E-state index in [0.29, 0.717) is 22.7 Å². The average molecular weight is 347 g/mol. The van der Waals surface area contributed by atoms with E-state index in [0.717, 1.165) is 0 Å². The van der Waals surface area contributed by atoms with Gasteiger partial charge in [-0.1, -0.05) is 36.1 Å². The lowest BCUT2D eigenvalue weighted by atomic mass is 10.0. The van der Waals surface area contributed by atoms with Crippen LogP contribution in [0.4, 0.5) is 0 Å². The van der Waals surface area contributed by atoms with E-state index in [-0.39, 0.29) is 28.9 Å². The Bertz CT molecular complexity index is 915. The van der Waals surface area contributed by atoms with E-state index in [1.165, 1.54) is 15.7 Å². The van der Waals surface area contributed by atoms with E-state index in [1.807, 2.05) is 0 Å². The largest absolute Gasteiger partial charge is 0.872 e. The number of pyridine rings is 1. The summed E-state index contributed by atoms with van der Waals surface area (Å²) in [5, 5.41) is 14.4. The van der Waals surface area contributed by atoms with Crippen molar-refractivity contribution in [3.8, 4) is 5.75 Å². The fourth-order valence-electron chi connectivity index (χ4n) is 2.51. The standard InChI is InChI=1S/C17H14ClNO3S/c18-8-4-7-12-15(21)13(14(20)11-5-2-1-3-6-11)17-19(16(12)22)9-10-23-17/h1-3,5-6,9-10,21H,4,7-8H2/p-1. The van der Waals surface area contributed by atoms with Gasteiger partial charge in [0.2, 0.25) is 0 Å². The van der Waals surface area contributed by atoms with Gasteiger partial charge in [0.15, 0.2) is 5.78 Å². The summed E-state index contributed by atoms with van der Waals surface area (Å²) in [4.78, 5) is 25.6. The molecule has 0 amide bonds. The molecular weight excluding hydrogens is 334 g/mol. The van der Waals surface area contributed by atoms with Gasteiger partial charge in [0, 0.05) is 34.1 Å². The van der Waals surface area contributed by atoms with Gasteiger partial charge in [-0.05, 0) is 12.8 Å². The van der Waals surface area contributed by atoms with Crippen LogP contribution in [0.5, 0.6) is 5.75 Å². The van der Waals surface area contributed by atoms with Gasteiger partial charge in [-0.3, -0.25) is 14.0 Å². The second kappa shape index (κ2) is 6.56. The van der Waals surface area contributed by atoms with Gasteiger partial charge in [-0.25, -0.2) is 0 Å². The molecule has 4 nitrogen and oxygen atoms in total. The first-order chi connectivity index (χ1) is 11.1. The van der Waals surface area contributed by atoms with Gasteiger partial charge >= 0.3 is 0 Å². The van der Waals surface area contributed by atoms with E-state index in [4.69, 9.17) is 11.6 Å². The molecular formula is C17H13ClNO3S-. The van der Waals surface area contributed by atoms with Gasteiger partial charge in [0.25, 0.3) is 5.56 Å². The van der Waals surface area contributed by atoms with Crippen LogP contribution in [-0.4, -0.2) is 16.1 Å². The van der Waals surface area contributed by atoms with Gasteiger partial charge in [0.1, 0.15) is 4.83 Å². The van der Waals surface area contributed by atoms with Crippen LogP contribution in [0.15, 0.2) is 46.7 Å². The van der Waals surface area contributed by atoms with Crippen molar-refractivity contribution in [3.63, 3.8) is 0 Å². The fourth-order valence-corrected chi connectivity index (χ4v) is 3.51. The Kier molecular flexibility index (Phi) is 4.50. The first-order valence-electron chi connectivity index (χ1n) is 7.12. The number of ketones is 1. The highest BCUT2D eigenvalue weighted by atomic mass is 35.5. The van der Waals surface area contributed by atoms with Crippen LogP contribution >= 0.6 is 22.9 Å². The molecule has 118 valence electrons. The van der Waals surface area contributed by atoms with Crippen molar-refractivity contribution in [1.29, 1.82) is 0 Å². The zero-order valence-corrected chi connectivity index (χ0v) is 13.7. The van der Waals surface area contributed by atoms with Crippen molar-refractivity contribution < 1.29 is 9.90 Å². The summed E-state index contributed by atoms with van der Waals surface area (Å²) in [5.74, 6) is -0.480. The van der Waals surface area contributed by atoms with Crippen LogP contribution in [0, 0.1) is 0 Å². The zero-order valence-electron chi connectivity index (χ0n) is 12.1. The number of aromatic nitrogens is 1. The van der Waals surface area contributed by atoms with E-state index in [1.54, 1.807) is 41.9 Å². The second-order valence-corrected chi connectivity index (χ2v) is 6.33. The molecule has 0 aliphatic heterocycles. The van der Waals surface area contributed by atoms with Crippen LogP contribution in [0.1, 0.15) is 27.9 Å². The highest BCUT2D eigenvalue weighted by Gasteiger charge is 2.19. The number of alkyl halides is 1. The Balaban J connectivity index is 2.25.